The Morgan fingerprint density at radius 2 is 2.20 bits per heavy atom. The van der Waals surface area contributed by atoms with Crippen molar-refractivity contribution in [3.05, 3.63) is 29.3 Å². The fourth-order valence-corrected chi connectivity index (χ4v) is 2.21. The minimum atomic E-state index is -1.08. The van der Waals surface area contributed by atoms with Gasteiger partial charge in [0, 0.05) is 25.8 Å². The largest absolute Gasteiger partial charge is 0.480 e. The van der Waals surface area contributed by atoms with Crippen LogP contribution in [0.4, 0.5) is 5.69 Å². The van der Waals surface area contributed by atoms with Gasteiger partial charge in [0.05, 0.1) is 0 Å². The summed E-state index contributed by atoms with van der Waals surface area (Å²) in [5, 5.41) is 11.1. The maximum absolute atomic E-state index is 11.4. The summed E-state index contributed by atoms with van der Waals surface area (Å²) >= 11 is 0. The fourth-order valence-electron chi connectivity index (χ4n) is 2.21. The maximum atomic E-state index is 11.4. The third kappa shape index (κ3) is 3.71. The number of nitrogens with one attached hydrogen (secondary N) is 1. The van der Waals surface area contributed by atoms with Gasteiger partial charge < -0.3 is 20.1 Å². The third-order valence-corrected chi connectivity index (χ3v) is 3.22. The van der Waals surface area contributed by atoms with Gasteiger partial charge >= 0.3 is 5.97 Å². The van der Waals surface area contributed by atoms with Crippen molar-refractivity contribution in [2.45, 2.75) is 13.0 Å². The van der Waals surface area contributed by atoms with Gasteiger partial charge in [-0.1, -0.05) is 12.1 Å². The summed E-state index contributed by atoms with van der Waals surface area (Å²) in [6.07, 6.45) is 1.02. The Morgan fingerprint density at radius 1 is 1.40 bits per heavy atom. The molecule has 0 aliphatic carbocycles. The molecule has 0 saturated heterocycles. The highest BCUT2D eigenvalue weighted by atomic mass is 16.5. The molecule has 1 aliphatic heterocycles. The molecule has 20 heavy (non-hydrogen) atoms. The van der Waals surface area contributed by atoms with Crippen LogP contribution in [0.15, 0.2) is 18.2 Å². The Bertz CT molecular complexity index is 516. The van der Waals surface area contributed by atoms with Crippen molar-refractivity contribution in [3.63, 3.8) is 0 Å². The number of likely N-dealkylation sites (N-methyl/N-ethyl adjacent to an activating group) is 1. The van der Waals surface area contributed by atoms with Crippen molar-refractivity contribution in [3.8, 4) is 0 Å². The fraction of sp³-hybridized carbons (Fsp3) is 0.429. The van der Waals surface area contributed by atoms with Gasteiger partial charge in [-0.2, -0.15) is 0 Å². The molecule has 108 valence electrons. The third-order valence-electron chi connectivity index (χ3n) is 3.22. The van der Waals surface area contributed by atoms with Crippen LogP contribution in [0.3, 0.4) is 0 Å². The van der Waals surface area contributed by atoms with Crippen LogP contribution in [0.25, 0.3) is 0 Å². The average molecular weight is 278 g/mol. The van der Waals surface area contributed by atoms with Crippen LogP contribution in [0.1, 0.15) is 11.1 Å². The molecule has 0 unspecified atom stereocenters. The molecule has 6 heteroatoms. The van der Waals surface area contributed by atoms with Gasteiger partial charge in [-0.25, -0.2) is 4.79 Å². The van der Waals surface area contributed by atoms with Crippen molar-refractivity contribution >= 4 is 17.6 Å². The summed E-state index contributed by atoms with van der Waals surface area (Å²) < 4.78 is 4.72. The van der Waals surface area contributed by atoms with Gasteiger partial charge in [0.2, 0.25) is 5.91 Å². The lowest BCUT2D eigenvalue weighted by atomic mass is 10.1. The highest BCUT2D eigenvalue weighted by molar-refractivity contribution is 5.77. The molecule has 0 aromatic heterocycles. The average Bonchev–Trinajstić information content (AvgIpc) is 2.77. The molecule has 1 aromatic rings. The quantitative estimate of drug-likeness (QED) is 0.787. The van der Waals surface area contributed by atoms with E-state index in [1.54, 1.807) is 0 Å². The second-order valence-electron chi connectivity index (χ2n) is 4.80. The van der Waals surface area contributed by atoms with E-state index in [1.165, 1.54) is 11.3 Å². The summed E-state index contributed by atoms with van der Waals surface area (Å²) in [6.45, 7) is 0.749. The Morgan fingerprint density at radius 3 is 2.95 bits per heavy atom. The standard InChI is InChI=1S/C14H18N2O4/c1-16-5-4-11-6-10(2-3-12(11)16)7-15-13(17)8-20-9-14(18)19/h2-3,6H,4-5,7-9H2,1H3,(H,15,17)(H,18,19). The predicted octanol–water partition coefficient (Wildman–Crippen LogP) is 0.396. The molecule has 2 N–H and O–H groups in total. The van der Waals surface area contributed by atoms with E-state index in [0.29, 0.717) is 6.54 Å². The van der Waals surface area contributed by atoms with Crippen LogP contribution in [0.2, 0.25) is 0 Å². The summed E-state index contributed by atoms with van der Waals surface area (Å²) in [5.74, 6) is -1.40. The molecule has 0 atom stereocenters. The Balaban J connectivity index is 1.80. The molecule has 0 fully saturated rings. The highest BCUT2D eigenvalue weighted by Gasteiger charge is 2.15. The smallest absolute Gasteiger partial charge is 0.329 e. The number of anilines is 1. The summed E-state index contributed by atoms with van der Waals surface area (Å²) in [6, 6.07) is 6.14. The van der Waals surface area contributed by atoms with E-state index >= 15 is 0 Å². The van der Waals surface area contributed by atoms with Crippen LogP contribution < -0.4 is 10.2 Å². The number of hydrogen-bond acceptors (Lipinski definition) is 4. The first-order valence-electron chi connectivity index (χ1n) is 6.45. The zero-order valence-electron chi connectivity index (χ0n) is 11.4. The monoisotopic (exact) mass is 278 g/mol. The van der Waals surface area contributed by atoms with E-state index < -0.39 is 12.6 Å². The van der Waals surface area contributed by atoms with Crippen molar-refractivity contribution in [1.29, 1.82) is 0 Å². The molecule has 1 heterocycles. The molecule has 2 rings (SSSR count). The number of ether oxygens (including phenoxy) is 1. The second kappa shape index (κ2) is 6.38. The Kier molecular flexibility index (Phi) is 4.57. The first-order valence-corrected chi connectivity index (χ1v) is 6.45. The number of carbonyl (C=O) groups is 2. The Labute approximate surface area is 117 Å². The van der Waals surface area contributed by atoms with E-state index in [9.17, 15) is 9.59 Å². The molecular weight excluding hydrogens is 260 g/mol. The van der Waals surface area contributed by atoms with Crippen molar-refractivity contribution in [2.75, 3.05) is 31.7 Å². The molecule has 0 saturated carbocycles. The first-order chi connectivity index (χ1) is 9.56. The number of carbonyl (C=O) groups excluding carboxylic acids is 1. The maximum Gasteiger partial charge on any atom is 0.329 e. The van der Waals surface area contributed by atoms with E-state index in [-0.39, 0.29) is 12.5 Å². The second-order valence-corrected chi connectivity index (χ2v) is 4.80. The van der Waals surface area contributed by atoms with Gasteiger partial charge in [-0.15, -0.1) is 0 Å². The van der Waals surface area contributed by atoms with Crippen LogP contribution >= 0.6 is 0 Å². The number of amides is 1. The molecule has 0 bridgehead atoms. The number of nitrogens with zero attached hydrogens (tertiary/aromatic N) is 1. The molecule has 1 aliphatic rings. The number of rotatable bonds is 6. The van der Waals surface area contributed by atoms with Gasteiger partial charge in [0.25, 0.3) is 0 Å². The predicted molar refractivity (Wildman–Crippen MR) is 73.7 cm³/mol. The van der Waals surface area contributed by atoms with Crippen molar-refractivity contribution in [1.82, 2.24) is 5.32 Å². The minimum Gasteiger partial charge on any atom is -0.480 e. The summed E-state index contributed by atoms with van der Waals surface area (Å²) in [4.78, 5) is 23.9. The Hall–Kier alpha value is -2.08. The van der Waals surface area contributed by atoms with E-state index in [4.69, 9.17) is 9.84 Å². The molecule has 0 radical (unpaired) electrons. The van der Waals surface area contributed by atoms with Gasteiger partial charge in [-0.3, -0.25) is 4.79 Å². The van der Waals surface area contributed by atoms with Gasteiger partial charge in [0.1, 0.15) is 13.2 Å². The number of fused-ring (bicyclic) bond motifs is 1. The SMILES string of the molecule is CN1CCc2cc(CNC(=O)COCC(=O)O)ccc21. The lowest BCUT2D eigenvalue weighted by molar-refractivity contribution is -0.143. The lowest BCUT2D eigenvalue weighted by Gasteiger charge is -2.12. The minimum absolute atomic E-state index is 0.236. The summed E-state index contributed by atoms with van der Waals surface area (Å²) in [5.41, 5.74) is 3.57. The van der Waals surface area contributed by atoms with E-state index in [2.05, 4.69) is 29.4 Å². The number of carboxylic acid groups (broad SMARTS) is 1. The van der Waals surface area contributed by atoms with Crippen LogP contribution in [-0.4, -0.2) is 43.8 Å². The topological polar surface area (TPSA) is 78.9 Å². The van der Waals surface area contributed by atoms with E-state index in [0.717, 1.165) is 18.5 Å². The molecule has 1 aromatic carbocycles. The van der Waals surface area contributed by atoms with Crippen LogP contribution in [0, 0.1) is 0 Å². The normalized spacial score (nSPS) is 13.2. The van der Waals surface area contributed by atoms with Gasteiger partial charge in [-0.05, 0) is 23.6 Å². The molecule has 1 amide bonds. The van der Waals surface area contributed by atoms with Crippen molar-refractivity contribution in [2.24, 2.45) is 0 Å². The summed E-state index contributed by atoms with van der Waals surface area (Å²) in [7, 11) is 2.06. The van der Waals surface area contributed by atoms with Crippen LogP contribution in [-0.2, 0) is 27.3 Å². The highest BCUT2D eigenvalue weighted by Crippen LogP contribution is 2.27. The van der Waals surface area contributed by atoms with E-state index in [1.807, 2.05) is 6.07 Å². The number of aliphatic carboxylic acids is 1. The number of hydrogen-bond donors (Lipinski definition) is 2. The first kappa shape index (κ1) is 14.3. The van der Waals surface area contributed by atoms with Crippen molar-refractivity contribution < 1.29 is 19.4 Å². The molecule has 6 nitrogen and oxygen atoms in total. The zero-order chi connectivity index (χ0) is 14.5. The number of benzene rings is 1. The molecule has 0 spiro atoms. The zero-order valence-corrected chi connectivity index (χ0v) is 11.4. The molecular formula is C14H18N2O4. The van der Waals surface area contributed by atoms with Gasteiger partial charge in [0.15, 0.2) is 0 Å². The lowest BCUT2D eigenvalue weighted by Crippen LogP contribution is -2.28. The number of carboxylic acids is 1. The van der Waals surface area contributed by atoms with Crippen LogP contribution in [0.5, 0.6) is 0 Å².